The van der Waals surface area contributed by atoms with Gasteiger partial charge in [-0.05, 0) is 95.3 Å². The Labute approximate surface area is 300 Å². The van der Waals surface area contributed by atoms with Gasteiger partial charge in [0.25, 0.3) is 5.79 Å². The summed E-state index contributed by atoms with van der Waals surface area (Å²) >= 11 is 0. The van der Waals surface area contributed by atoms with E-state index >= 15 is 13.2 Å². The standard InChI is InChI=1S/C37H52F6O9/c1-20-10-12-27-23(28(36(38,39)40)46-29-33(27)24(20)13-15-31(4,47-29)50-33)19-44-17-7-6-8-18-45-35(37(41,42)43)22(3)26-11-9-21(2)25-14-16-32(5)48-30(49-35)34(25,26)52-51-32/h20-22,24-27,29-30H,6-19H2,1-5H3/t20-,21-,22-,24+,25+,26+,27+,29-,30+,31+,32+,33-,34-,35-/m1/s1. The first kappa shape index (κ1) is 37.7. The quantitative estimate of drug-likeness (QED) is 0.131. The van der Waals surface area contributed by atoms with Crippen LogP contribution in [0.5, 0.6) is 0 Å². The lowest BCUT2D eigenvalue weighted by atomic mass is 9.57. The number of halogens is 6. The first-order chi connectivity index (χ1) is 24.4. The summed E-state index contributed by atoms with van der Waals surface area (Å²) in [5.41, 5.74) is -2.13. The largest absolute Gasteiger partial charge is 0.456 e. The Bertz CT molecular complexity index is 1410. The van der Waals surface area contributed by atoms with Gasteiger partial charge in [-0.15, -0.1) is 0 Å². The van der Waals surface area contributed by atoms with E-state index in [-0.39, 0.29) is 55.5 Å². The van der Waals surface area contributed by atoms with Crippen LogP contribution in [0.3, 0.4) is 0 Å². The molecule has 7 heterocycles. The minimum Gasteiger partial charge on any atom is -0.456 e. The highest BCUT2D eigenvalue weighted by Gasteiger charge is 2.77. The summed E-state index contributed by atoms with van der Waals surface area (Å²) in [6, 6.07) is 0. The maximum atomic E-state index is 15.1. The second kappa shape index (κ2) is 12.7. The van der Waals surface area contributed by atoms with E-state index in [0.717, 1.165) is 19.3 Å². The van der Waals surface area contributed by atoms with Gasteiger partial charge >= 0.3 is 12.4 Å². The Morgan fingerprint density at radius 2 is 1.35 bits per heavy atom. The summed E-state index contributed by atoms with van der Waals surface area (Å²) in [7, 11) is 0. The molecule has 0 aromatic carbocycles. The molecule has 2 saturated carbocycles. The Morgan fingerprint density at radius 1 is 0.692 bits per heavy atom. The van der Waals surface area contributed by atoms with Crippen LogP contribution in [0, 0.1) is 41.4 Å². The summed E-state index contributed by atoms with van der Waals surface area (Å²) < 4.78 is 130. The fourth-order valence-electron chi connectivity index (χ4n) is 11.5. The molecule has 0 aromatic rings. The average Bonchev–Trinajstić information content (AvgIpc) is 3.13. The van der Waals surface area contributed by atoms with Crippen molar-refractivity contribution in [3.8, 4) is 0 Å². The Kier molecular flexibility index (Phi) is 9.18. The third-order valence-electron chi connectivity index (χ3n) is 14.1. The molecule has 6 saturated heterocycles. The zero-order chi connectivity index (χ0) is 37.1. The lowest BCUT2D eigenvalue weighted by Crippen LogP contribution is -2.76. The van der Waals surface area contributed by atoms with Crippen LogP contribution in [-0.2, 0) is 42.9 Å². The number of allylic oxidation sites excluding steroid dienone is 1. The molecule has 2 aliphatic carbocycles. The highest BCUT2D eigenvalue weighted by molar-refractivity contribution is 5.29. The summed E-state index contributed by atoms with van der Waals surface area (Å²) in [5.74, 6) is -8.12. The van der Waals surface area contributed by atoms with Crippen LogP contribution in [-0.4, -0.2) is 73.3 Å². The van der Waals surface area contributed by atoms with E-state index in [4.69, 9.17) is 42.9 Å². The van der Waals surface area contributed by atoms with Gasteiger partial charge in [0.15, 0.2) is 17.7 Å². The summed E-state index contributed by atoms with van der Waals surface area (Å²) in [5, 5.41) is 0. The first-order valence-electron chi connectivity index (χ1n) is 19.2. The van der Waals surface area contributed by atoms with E-state index < -0.39 is 77.0 Å². The van der Waals surface area contributed by atoms with E-state index in [0.29, 0.717) is 44.9 Å². The molecule has 52 heavy (non-hydrogen) atoms. The molecule has 296 valence electrons. The zero-order valence-corrected chi connectivity index (χ0v) is 30.5. The van der Waals surface area contributed by atoms with Crippen LogP contribution in [0.2, 0.25) is 0 Å². The predicted molar refractivity (Wildman–Crippen MR) is 168 cm³/mol. The summed E-state index contributed by atoms with van der Waals surface area (Å²) in [6.07, 6.45) is -5.96. The second-order valence-electron chi connectivity index (χ2n) is 17.2. The third kappa shape index (κ3) is 5.55. The number of ether oxygens (including phenoxy) is 7. The van der Waals surface area contributed by atoms with E-state index in [1.807, 2.05) is 0 Å². The molecule has 14 atom stereocenters. The van der Waals surface area contributed by atoms with E-state index in [1.165, 1.54) is 6.92 Å². The van der Waals surface area contributed by atoms with Gasteiger partial charge in [0.1, 0.15) is 5.60 Å². The zero-order valence-electron chi connectivity index (χ0n) is 30.5. The molecule has 0 unspecified atom stereocenters. The van der Waals surface area contributed by atoms with Crippen LogP contribution in [0.4, 0.5) is 26.3 Å². The van der Waals surface area contributed by atoms with Crippen molar-refractivity contribution >= 4 is 0 Å². The molecule has 7 aliphatic heterocycles. The van der Waals surface area contributed by atoms with E-state index in [2.05, 4.69) is 13.8 Å². The van der Waals surface area contributed by atoms with Crippen molar-refractivity contribution in [1.82, 2.24) is 0 Å². The Hall–Kier alpha value is -1.20. The lowest BCUT2D eigenvalue weighted by Gasteiger charge is -2.62. The maximum Gasteiger partial charge on any atom is 0.449 e. The van der Waals surface area contributed by atoms with Crippen molar-refractivity contribution in [3.63, 3.8) is 0 Å². The topological polar surface area (TPSA) is 83.1 Å². The van der Waals surface area contributed by atoms with Crippen LogP contribution in [0.25, 0.3) is 0 Å². The Morgan fingerprint density at radius 3 is 2.06 bits per heavy atom. The highest BCUT2D eigenvalue weighted by atomic mass is 19.4. The number of unbranched alkanes of at least 4 members (excludes halogenated alkanes) is 2. The van der Waals surface area contributed by atoms with E-state index in [9.17, 15) is 13.2 Å². The van der Waals surface area contributed by atoms with Crippen LogP contribution in [0.15, 0.2) is 11.3 Å². The molecular weight excluding hydrogens is 702 g/mol. The van der Waals surface area contributed by atoms with Crippen molar-refractivity contribution < 1.29 is 69.3 Å². The van der Waals surface area contributed by atoms with Crippen LogP contribution < -0.4 is 0 Å². The summed E-state index contributed by atoms with van der Waals surface area (Å²) in [4.78, 5) is 11.8. The fourth-order valence-corrected chi connectivity index (χ4v) is 11.5. The van der Waals surface area contributed by atoms with Gasteiger partial charge in [0.2, 0.25) is 17.8 Å². The lowest BCUT2D eigenvalue weighted by molar-refractivity contribution is -0.598. The molecule has 4 bridgehead atoms. The maximum absolute atomic E-state index is 15.1. The van der Waals surface area contributed by atoms with Crippen LogP contribution >= 0.6 is 0 Å². The molecule has 8 fully saturated rings. The summed E-state index contributed by atoms with van der Waals surface area (Å²) in [6.45, 7) is 8.71. The number of hydrogen-bond donors (Lipinski definition) is 0. The van der Waals surface area contributed by atoms with Crippen molar-refractivity contribution in [2.24, 2.45) is 41.4 Å². The first-order valence-corrected chi connectivity index (χ1v) is 19.2. The fraction of sp³-hybridized carbons (Fsp3) is 0.946. The number of rotatable bonds is 9. The van der Waals surface area contributed by atoms with Gasteiger partial charge in [-0.2, -0.15) is 26.3 Å². The van der Waals surface area contributed by atoms with Crippen molar-refractivity contribution in [2.45, 2.75) is 159 Å². The van der Waals surface area contributed by atoms with Crippen LogP contribution in [0.1, 0.15) is 105 Å². The van der Waals surface area contributed by atoms with Gasteiger partial charge < -0.3 is 33.2 Å². The van der Waals surface area contributed by atoms with Gasteiger partial charge in [0.05, 0.1) is 13.2 Å². The molecule has 9 aliphatic rings. The minimum atomic E-state index is -4.86. The second-order valence-corrected chi connectivity index (χ2v) is 17.2. The smallest absolute Gasteiger partial charge is 0.449 e. The SMILES string of the molecule is C[C@@H]1CC[C@H]2[C@@H](C)[C@](OCCCCCOCC3=C(C(F)(F)F)O[C@@H]4O[C@]5(C)CC[C@H]6[C@H](C)CC[C@@H]3[C@@]46O5)(C(F)(F)F)O[C@@H]3O[C@]4(C)CC[C@@H]1[C@]32OO4. The number of alkyl halides is 6. The molecule has 2 spiro atoms. The van der Waals surface area contributed by atoms with Crippen molar-refractivity contribution in [3.05, 3.63) is 11.3 Å². The predicted octanol–water partition coefficient (Wildman–Crippen LogP) is 8.46. The number of fused-ring (bicyclic) bond motifs is 3. The minimum absolute atomic E-state index is 0.00526. The van der Waals surface area contributed by atoms with Gasteiger partial charge in [0, 0.05) is 42.8 Å². The Balaban J connectivity index is 0.902. The molecule has 0 amide bonds. The highest BCUT2D eigenvalue weighted by Crippen LogP contribution is 2.66. The molecule has 9 nitrogen and oxygen atoms in total. The molecule has 9 rings (SSSR count). The average molecular weight is 755 g/mol. The third-order valence-corrected chi connectivity index (χ3v) is 14.1. The van der Waals surface area contributed by atoms with Gasteiger partial charge in [-0.3, -0.25) is 0 Å². The van der Waals surface area contributed by atoms with Crippen molar-refractivity contribution in [1.29, 1.82) is 0 Å². The number of hydrogen-bond acceptors (Lipinski definition) is 9. The van der Waals surface area contributed by atoms with Gasteiger partial charge in [-0.25, -0.2) is 9.78 Å². The molecule has 15 heteroatoms. The molecular formula is C37H52F6O9. The van der Waals surface area contributed by atoms with E-state index in [1.54, 1.807) is 13.8 Å². The van der Waals surface area contributed by atoms with Crippen molar-refractivity contribution in [2.75, 3.05) is 19.8 Å². The normalized spacial score (nSPS) is 49.6. The molecule has 0 radical (unpaired) electrons. The van der Waals surface area contributed by atoms with Gasteiger partial charge in [-0.1, -0.05) is 20.8 Å². The molecule has 0 aromatic heterocycles. The molecule has 0 N–H and O–H groups in total. The monoisotopic (exact) mass is 754 g/mol.